The first-order valence-electron chi connectivity index (χ1n) is 13.5. The zero-order valence-corrected chi connectivity index (χ0v) is 22.7. The van der Waals surface area contributed by atoms with Gasteiger partial charge in [-0.25, -0.2) is 8.78 Å². The Balaban J connectivity index is 1.55. The quantitative estimate of drug-likeness (QED) is 0.218. The van der Waals surface area contributed by atoms with E-state index in [2.05, 4.69) is 10.3 Å². The number of fused-ring (bicyclic) bond motifs is 2. The minimum absolute atomic E-state index is 0.0816. The van der Waals surface area contributed by atoms with Crippen molar-refractivity contribution in [2.24, 2.45) is 7.05 Å². The van der Waals surface area contributed by atoms with Gasteiger partial charge in [-0.1, -0.05) is 48.5 Å². The van der Waals surface area contributed by atoms with Crippen molar-refractivity contribution < 1.29 is 18.7 Å². The van der Waals surface area contributed by atoms with Crippen LogP contribution in [-0.4, -0.2) is 27.1 Å². The number of para-hydroxylation sites is 2. The maximum Gasteiger partial charge on any atom is 0.258 e. The predicted octanol–water partition coefficient (Wildman–Crippen LogP) is 6.16. The lowest BCUT2D eigenvalue weighted by atomic mass is 9.84. The van der Waals surface area contributed by atoms with Gasteiger partial charge in [0, 0.05) is 46.7 Å². The van der Waals surface area contributed by atoms with E-state index in [1.54, 1.807) is 55.6 Å². The van der Waals surface area contributed by atoms with Crippen LogP contribution in [-0.2, 0) is 13.5 Å². The molecule has 0 aliphatic rings. The van der Waals surface area contributed by atoms with Crippen LogP contribution in [0.25, 0.3) is 21.8 Å². The lowest BCUT2D eigenvalue weighted by Gasteiger charge is -2.22. The topological polar surface area (TPSA) is 87.1 Å². The van der Waals surface area contributed by atoms with Gasteiger partial charge in [-0.15, -0.1) is 0 Å². The smallest absolute Gasteiger partial charge is 0.258 e. The molecule has 8 heteroatoms. The van der Waals surface area contributed by atoms with E-state index in [0.29, 0.717) is 34.1 Å². The van der Waals surface area contributed by atoms with Crippen molar-refractivity contribution in [3.05, 3.63) is 147 Å². The number of aryl methyl sites for hydroxylation is 1. The molecule has 2 aromatic heterocycles. The molecule has 4 aromatic carbocycles. The number of aromatic amines is 1. The van der Waals surface area contributed by atoms with Crippen LogP contribution in [0.5, 0.6) is 5.75 Å². The van der Waals surface area contributed by atoms with Gasteiger partial charge in [-0.3, -0.25) is 9.59 Å². The fourth-order valence-electron chi connectivity index (χ4n) is 5.68. The Morgan fingerprint density at radius 1 is 0.929 bits per heavy atom. The fraction of sp³-hybridized carbons (Fsp3) is 0.118. The number of H-pyrrole nitrogens is 1. The molecule has 6 aromatic rings. The molecule has 42 heavy (non-hydrogen) atoms. The summed E-state index contributed by atoms with van der Waals surface area (Å²) < 4.78 is 31.6. The van der Waals surface area contributed by atoms with E-state index >= 15 is 4.39 Å². The monoisotopic (exact) mass is 563 g/mol. The maximum absolute atomic E-state index is 15.6. The third-order valence-electron chi connectivity index (χ3n) is 7.70. The van der Waals surface area contributed by atoms with Crippen LogP contribution in [0.4, 0.5) is 8.78 Å². The van der Waals surface area contributed by atoms with Gasteiger partial charge in [-0.2, -0.15) is 0 Å². The van der Waals surface area contributed by atoms with E-state index in [4.69, 9.17) is 0 Å². The summed E-state index contributed by atoms with van der Waals surface area (Å²) in [6, 6.07) is 26.2. The van der Waals surface area contributed by atoms with Crippen molar-refractivity contribution in [2.45, 2.75) is 12.3 Å². The molecule has 0 radical (unpaired) electrons. The van der Waals surface area contributed by atoms with Crippen molar-refractivity contribution in [1.82, 2.24) is 14.9 Å². The van der Waals surface area contributed by atoms with Crippen LogP contribution in [0.15, 0.2) is 102 Å². The lowest BCUT2D eigenvalue weighted by molar-refractivity contribution is 0.0954. The fourth-order valence-corrected chi connectivity index (χ4v) is 5.68. The van der Waals surface area contributed by atoms with E-state index in [-0.39, 0.29) is 29.3 Å². The second kappa shape index (κ2) is 11.0. The van der Waals surface area contributed by atoms with E-state index in [1.807, 2.05) is 30.3 Å². The number of benzene rings is 4. The minimum atomic E-state index is -1.18. The highest BCUT2D eigenvalue weighted by Crippen LogP contribution is 2.42. The summed E-state index contributed by atoms with van der Waals surface area (Å²) >= 11 is 0. The molecule has 6 rings (SSSR count). The molecule has 1 amide bonds. The van der Waals surface area contributed by atoms with Crippen molar-refractivity contribution in [2.75, 3.05) is 6.54 Å². The van der Waals surface area contributed by atoms with Crippen molar-refractivity contribution in [3.63, 3.8) is 0 Å². The SMILES string of the molecule is Cn1c(=O)c(C(c2cc(F)ccc2F)c2[nH]c3ccccc3c2CCNC(=O)c2ccccc2)c(O)c2ccccc21. The normalized spacial score (nSPS) is 12.1. The summed E-state index contributed by atoms with van der Waals surface area (Å²) in [6.07, 6.45) is 0.319. The molecule has 0 spiro atoms. The Hall–Kier alpha value is -5.24. The number of halogens is 2. The van der Waals surface area contributed by atoms with E-state index in [1.165, 1.54) is 4.57 Å². The Morgan fingerprint density at radius 3 is 2.40 bits per heavy atom. The van der Waals surface area contributed by atoms with Gasteiger partial charge in [0.1, 0.15) is 17.4 Å². The number of nitrogens with one attached hydrogen (secondary N) is 2. The van der Waals surface area contributed by atoms with Crippen LogP contribution < -0.4 is 10.9 Å². The van der Waals surface area contributed by atoms with E-state index < -0.39 is 23.1 Å². The van der Waals surface area contributed by atoms with Gasteiger partial charge in [-0.05, 0) is 60.5 Å². The average Bonchev–Trinajstić information content (AvgIpc) is 3.38. The zero-order chi connectivity index (χ0) is 29.4. The molecule has 0 aliphatic heterocycles. The number of carbonyl (C=O) groups excluding carboxylic acids is 1. The lowest BCUT2D eigenvalue weighted by Crippen LogP contribution is -2.27. The number of rotatable bonds is 7. The summed E-state index contributed by atoms with van der Waals surface area (Å²) in [7, 11) is 1.58. The van der Waals surface area contributed by atoms with Crippen LogP contribution in [0.2, 0.25) is 0 Å². The summed E-state index contributed by atoms with van der Waals surface area (Å²) in [5.74, 6) is -3.13. The second-order valence-electron chi connectivity index (χ2n) is 10.2. The standard InChI is InChI=1S/C34H27F2N3O3/c1-39-28-14-8-6-12-24(28)32(40)30(34(39)42)29(25-19-21(35)15-16-26(25)36)31-23(22-11-5-7-13-27(22)38-31)17-18-37-33(41)20-9-3-2-4-10-20/h2-16,19,29,38,40H,17-18H2,1H3,(H,37,41). The summed E-state index contributed by atoms with van der Waals surface area (Å²) in [4.78, 5) is 30.0. The van der Waals surface area contributed by atoms with Crippen LogP contribution in [0.1, 0.15) is 38.7 Å². The van der Waals surface area contributed by atoms with Gasteiger partial charge >= 0.3 is 0 Å². The van der Waals surface area contributed by atoms with E-state index in [9.17, 15) is 19.1 Å². The molecule has 0 saturated carbocycles. The van der Waals surface area contributed by atoms with Crippen molar-refractivity contribution >= 4 is 27.7 Å². The molecule has 0 aliphatic carbocycles. The Bertz CT molecular complexity index is 2010. The third-order valence-corrected chi connectivity index (χ3v) is 7.70. The molecule has 6 nitrogen and oxygen atoms in total. The Morgan fingerprint density at radius 2 is 1.62 bits per heavy atom. The van der Waals surface area contributed by atoms with Gasteiger partial charge in [0.15, 0.2) is 0 Å². The van der Waals surface area contributed by atoms with Crippen molar-refractivity contribution in [1.29, 1.82) is 0 Å². The molecule has 0 saturated heterocycles. The Kier molecular flexibility index (Phi) is 7.04. The van der Waals surface area contributed by atoms with Gasteiger partial charge in [0.05, 0.1) is 17.0 Å². The number of hydrogen-bond donors (Lipinski definition) is 3. The first kappa shape index (κ1) is 27.0. The first-order chi connectivity index (χ1) is 20.3. The minimum Gasteiger partial charge on any atom is -0.507 e. The number of pyridine rings is 1. The predicted molar refractivity (Wildman–Crippen MR) is 159 cm³/mol. The number of carbonyl (C=O) groups is 1. The molecule has 1 atom stereocenters. The van der Waals surface area contributed by atoms with Gasteiger partial charge < -0.3 is 20.0 Å². The third kappa shape index (κ3) is 4.71. The number of amides is 1. The molecular formula is C34H27F2N3O3. The van der Waals surface area contributed by atoms with Crippen LogP contribution >= 0.6 is 0 Å². The zero-order valence-electron chi connectivity index (χ0n) is 22.7. The van der Waals surface area contributed by atoms with E-state index in [0.717, 1.165) is 29.1 Å². The molecule has 0 bridgehead atoms. The van der Waals surface area contributed by atoms with Crippen molar-refractivity contribution in [3.8, 4) is 5.75 Å². The molecule has 3 N–H and O–H groups in total. The largest absolute Gasteiger partial charge is 0.507 e. The summed E-state index contributed by atoms with van der Waals surface area (Å²) in [6.45, 7) is 0.239. The molecule has 0 fully saturated rings. The van der Waals surface area contributed by atoms with Crippen LogP contribution in [0, 0.1) is 11.6 Å². The average molecular weight is 564 g/mol. The highest BCUT2D eigenvalue weighted by Gasteiger charge is 2.32. The summed E-state index contributed by atoms with van der Waals surface area (Å²) in [5, 5.41) is 15.7. The molecule has 1 unspecified atom stereocenters. The van der Waals surface area contributed by atoms with Gasteiger partial charge in [0.2, 0.25) is 0 Å². The second-order valence-corrected chi connectivity index (χ2v) is 10.2. The highest BCUT2D eigenvalue weighted by atomic mass is 19.1. The van der Waals surface area contributed by atoms with Gasteiger partial charge in [0.25, 0.3) is 11.5 Å². The summed E-state index contributed by atoms with van der Waals surface area (Å²) in [5.41, 5.74) is 2.15. The maximum atomic E-state index is 15.6. The first-order valence-corrected chi connectivity index (χ1v) is 13.5. The highest BCUT2D eigenvalue weighted by molar-refractivity contribution is 5.94. The van der Waals surface area contributed by atoms with Crippen LogP contribution in [0.3, 0.4) is 0 Å². The number of nitrogens with zero attached hydrogens (tertiary/aromatic N) is 1. The molecular weight excluding hydrogens is 536 g/mol. The number of aromatic hydroxyl groups is 1. The number of hydrogen-bond acceptors (Lipinski definition) is 3. The molecule has 210 valence electrons. The molecule has 2 heterocycles. The number of aromatic nitrogens is 2. The Labute approximate surface area is 239 Å².